The second-order valence-corrected chi connectivity index (χ2v) is 9.09. The van der Waals surface area contributed by atoms with E-state index < -0.39 is 23.9 Å². The first-order chi connectivity index (χ1) is 19.8. The molecule has 6 N–H and O–H groups in total. The van der Waals surface area contributed by atoms with Gasteiger partial charge in [-0.2, -0.15) is 0 Å². The molecule has 11 heteroatoms. The van der Waals surface area contributed by atoms with Crippen LogP contribution in [-0.2, 0) is 19.1 Å². The minimum absolute atomic E-state index is 0.0334. The van der Waals surface area contributed by atoms with Crippen LogP contribution in [0.5, 0.6) is 0 Å². The molecule has 0 aliphatic heterocycles. The van der Waals surface area contributed by atoms with Crippen LogP contribution in [0.15, 0.2) is 66.7 Å². The Bertz CT molecular complexity index is 1540. The Hall–Kier alpha value is -5.19. The number of carbonyl (C=O) groups excluding carboxylic acids is 3. The Morgan fingerprint density at radius 3 is 2.29 bits per heavy atom. The van der Waals surface area contributed by atoms with Crippen LogP contribution in [0.4, 0.5) is 22.9 Å². The maximum absolute atomic E-state index is 13.0. The van der Waals surface area contributed by atoms with Crippen LogP contribution in [0, 0.1) is 0 Å². The van der Waals surface area contributed by atoms with Gasteiger partial charge < -0.3 is 31.6 Å². The average Bonchev–Trinajstić information content (AvgIpc) is 2.96. The molecule has 0 saturated heterocycles. The van der Waals surface area contributed by atoms with E-state index in [0.29, 0.717) is 45.2 Å². The number of nitrogens with zero attached hydrogens (tertiary/aromatic N) is 2. The maximum Gasteiger partial charge on any atom is 0.328 e. The van der Waals surface area contributed by atoms with Crippen molar-refractivity contribution in [3.63, 3.8) is 0 Å². The molecule has 1 aromatic heterocycles. The fourth-order valence-electron chi connectivity index (χ4n) is 4.16. The van der Waals surface area contributed by atoms with Crippen molar-refractivity contribution in [3.8, 4) is 11.3 Å². The predicted molar refractivity (Wildman–Crippen MR) is 157 cm³/mol. The number of ether oxygens (including phenoxy) is 2. The zero-order valence-corrected chi connectivity index (χ0v) is 22.8. The molecule has 1 unspecified atom stereocenters. The summed E-state index contributed by atoms with van der Waals surface area (Å²) >= 11 is 0. The molecule has 0 fully saturated rings. The van der Waals surface area contributed by atoms with Gasteiger partial charge in [-0.05, 0) is 56.7 Å². The highest BCUT2D eigenvalue weighted by Gasteiger charge is 2.24. The van der Waals surface area contributed by atoms with Crippen LogP contribution in [0.2, 0.25) is 0 Å². The number of nitrogen functional groups attached to an aromatic ring is 2. The van der Waals surface area contributed by atoms with Crippen LogP contribution < -0.4 is 22.1 Å². The van der Waals surface area contributed by atoms with Crippen molar-refractivity contribution >= 4 is 51.8 Å². The first-order valence-electron chi connectivity index (χ1n) is 13.2. The van der Waals surface area contributed by atoms with Crippen LogP contribution in [-0.4, -0.2) is 47.1 Å². The zero-order chi connectivity index (χ0) is 29.4. The second-order valence-electron chi connectivity index (χ2n) is 9.09. The molecule has 1 atom stereocenters. The molecule has 1 heterocycles. The fraction of sp³-hybridized carbons (Fsp3) is 0.233. The SMILES string of the molecule is CCOC(=O)CCC(NC(=O)c1ccc(Nc2nc3cc(N)cc(N)c3nc2-c2ccccc2)cc1)C(=O)OCC. The summed E-state index contributed by atoms with van der Waals surface area (Å²) < 4.78 is 9.99. The molecule has 0 aliphatic rings. The first-order valence-corrected chi connectivity index (χ1v) is 13.2. The van der Waals surface area contributed by atoms with Gasteiger partial charge in [-0.1, -0.05) is 30.3 Å². The van der Waals surface area contributed by atoms with Crippen LogP contribution in [0.3, 0.4) is 0 Å². The summed E-state index contributed by atoms with van der Waals surface area (Å²) in [6.07, 6.45) is 0.0231. The smallest absolute Gasteiger partial charge is 0.328 e. The Morgan fingerprint density at radius 2 is 1.61 bits per heavy atom. The number of nitrogens with two attached hydrogens (primary N) is 2. The van der Waals surface area contributed by atoms with Gasteiger partial charge in [-0.3, -0.25) is 9.59 Å². The third-order valence-corrected chi connectivity index (χ3v) is 6.10. The van der Waals surface area contributed by atoms with E-state index in [4.69, 9.17) is 30.9 Å². The summed E-state index contributed by atoms with van der Waals surface area (Å²) in [5.74, 6) is -1.08. The van der Waals surface area contributed by atoms with E-state index >= 15 is 0 Å². The van der Waals surface area contributed by atoms with Gasteiger partial charge in [0.15, 0.2) is 5.82 Å². The molecule has 11 nitrogen and oxygen atoms in total. The van der Waals surface area contributed by atoms with E-state index in [0.717, 1.165) is 5.56 Å². The van der Waals surface area contributed by atoms with Gasteiger partial charge in [0.1, 0.15) is 17.3 Å². The summed E-state index contributed by atoms with van der Waals surface area (Å²) in [4.78, 5) is 46.7. The first kappa shape index (κ1) is 28.8. The standard InChI is InChI=1S/C30H32N6O5/c1-3-40-25(37)15-14-23(30(39)41-4-2)35-29(38)19-10-12-21(13-11-19)33-28-26(18-8-6-5-7-9-18)36-27-22(32)16-20(31)17-24(27)34-28/h5-13,16-17,23H,3-4,14-15,31-32H2,1-2H3,(H,33,34)(H,35,38). The molecular weight excluding hydrogens is 524 g/mol. The largest absolute Gasteiger partial charge is 0.466 e. The number of fused-ring (bicyclic) bond motifs is 1. The van der Waals surface area contributed by atoms with E-state index in [-0.39, 0.29) is 26.1 Å². The number of anilines is 4. The molecule has 4 aromatic rings. The van der Waals surface area contributed by atoms with E-state index in [1.807, 2.05) is 30.3 Å². The monoisotopic (exact) mass is 556 g/mol. The molecule has 4 rings (SSSR count). The van der Waals surface area contributed by atoms with Crippen molar-refractivity contribution in [3.05, 3.63) is 72.3 Å². The van der Waals surface area contributed by atoms with E-state index in [9.17, 15) is 14.4 Å². The van der Waals surface area contributed by atoms with Gasteiger partial charge in [0.05, 0.1) is 24.4 Å². The van der Waals surface area contributed by atoms with Crippen molar-refractivity contribution in [1.29, 1.82) is 0 Å². The number of hydrogen-bond donors (Lipinski definition) is 4. The number of aromatic nitrogens is 2. The van der Waals surface area contributed by atoms with Crippen LogP contribution in [0.1, 0.15) is 37.0 Å². The van der Waals surface area contributed by atoms with Crippen LogP contribution in [0.25, 0.3) is 22.3 Å². The minimum atomic E-state index is -0.995. The Morgan fingerprint density at radius 1 is 0.902 bits per heavy atom. The lowest BCUT2D eigenvalue weighted by molar-refractivity contribution is -0.146. The highest BCUT2D eigenvalue weighted by atomic mass is 16.5. The quantitative estimate of drug-likeness (QED) is 0.155. The van der Waals surface area contributed by atoms with E-state index in [2.05, 4.69) is 10.6 Å². The maximum atomic E-state index is 13.0. The third-order valence-electron chi connectivity index (χ3n) is 6.10. The third kappa shape index (κ3) is 7.27. The minimum Gasteiger partial charge on any atom is -0.466 e. The van der Waals surface area contributed by atoms with Gasteiger partial charge >= 0.3 is 11.9 Å². The summed E-state index contributed by atoms with van der Waals surface area (Å²) in [7, 11) is 0. The van der Waals surface area contributed by atoms with Gasteiger partial charge in [0.2, 0.25) is 0 Å². The number of carbonyl (C=O) groups is 3. The van der Waals surface area contributed by atoms with Crippen molar-refractivity contribution < 1.29 is 23.9 Å². The number of amides is 1. The number of benzene rings is 3. The lowest BCUT2D eigenvalue weighted by Gasteiger charge is -2.17. The molecule has 0 radical (unpaired) electrons. The van der Waals surface area contributed by atoms with Gasteiger partial charge in [-0.15, -0.1) is 0 Å². The van der Waals surface area contributed by atoms with Crippen molar-refractivity contribution in [1.82, 2.24) is 15.3 Å². The molecule has 3 aromatic carbocycles. The second kappa shape index (κ2) is 13.2. The molecule has 212 valence electrons. The lowest BCUT2D eigenvalue weighted by Crippen LogP contribution is -2.42. The molecule has 41 heavy (non-hydrogen) atoms. The topological polar surface area (TPSA) is 172 Å². The number of hydrogen-bond acceptors (Lipinski definition) is 10. The highest BCUT2D eigenvalue weighted by Crippen LogP contribution is 2.32. The molecule has 0 bridgehead atoms. The predicted octanol–water partition coefficient (Wildman–Crippen LogP) is 4.21. The van der Waals surface area contributed by atoms with Crippen molar-refractivity contribution in [2.45, 2.75) is 32.7 Å². The lowest BCUT2D eigenvalue weighted by atomic mass is 10.1. The Labute approximate surface area is 237 Å². The van der Waals surface area contributed by atoms with Crippen molar-refractivity contribution in [2.75, 3.05) is 30.0 Å². The number of rotatable bonds is 11. The Balaban J connectivity index is 1.55. The molecule has 0 aliphatic carbocycles. The van der Waals surface area contributed by atoms with E-state index in [1.54, 1.807) is 50.2 Å². The Kier molecular flexibility index (Phi) is 9.31. The molecule has 1 amide bonds. The van der Waals surface area contributed by atoms with E-state index in [1.165, 1.54) is 0 Å². The summed E-state index contributed by atoms with van der Waals surface area (Å²) in [5, 5.41) is 5.93. The van der Waals surface area contributed by atoms with Gasteiger partial charge in [-0.25, -0.2) is 14.8 Å². The number of esters is 2. The molecule has 0 saturated carbocycles. The molecule has 0 spiro atoms. The average molecular weight is 557 g/mol. The summed E-state index contributed by atoms with van der Waals surface area (Å²) in [6, 6.07) is 18.5. The zero-order valence-electron chi connectivity index (χ0n) is 22.8. The van der Waals surface area contributed by atoms with Crippen molar-refractivity contribution in [2.24, 2.45) is 0 Å². The van der Waals surface area contributed by atoms with Crippen LogP contribution >= 0.6 is 0 Å². The summed E-state index contributed by atoms with van der Waals surface area (Å²) in [6.45, 7) is 3.74. The summed E-state index contributed by atoms with van der Waals surface area (Å²) in [5.41, 5.74) is 16.5. The number of nitrogens with one attached hydrogen (secondary N) is 2. The normalized spacial score (nSPS) is 11.5. The van der Waals surface area contributed by atoms with Gasteiger partial charge in [0.25, 0.3) is 5.91 Å². The van der Waals surface area contributed by atoms with Gasteiger partial charge in [0, 0.05) is 28.9 Å². The fourth-order valence-corrected chi connectivity index (χ4v) is 4.16. The highest BCUT2D eigenvalue weighted by molar-refractivity contribution is 5.97. The molecular formula is C30H32N6O5.